The van der Waals surface area contributed by atoms with Crippen LogP contribution >= 0.6 is 11.8 Å². The van der Waals surface area contributed by atoms with E-state index < -0.39 is 0 Å². The Hall–Kier alpha value is -1.94. The normalized spacial score (nSPS) is 11.1. The number of hydrogen-bond donors (Lipinski definition) is 0. The van der Waals surface area contributed by atoms with E-state index in [2.05, 4.69) is 85.3 Å². The maximum absolute atomic E-state index is 4.62. The average molecular weight is 342 g/mol. The van der Waals surface area contributed by atoms with Crippen molar-refractivity contribution >= 4 is 35.2 Å². The molecule has 0 aliphatic carbocycles. The fourth-order valence-electron chi connectivity index (χ4n) is 2.49. The minimum atomic E-state index is 0.953. The molecule has 0 bridgehead atoms. The summed E-state index contributed by atoms with van der Waals surface area (Å²) in [4.78, 5) is 10.2. The zero-order valence-corrected chi connectivity index (χ0v) is 16.3. The molecule has 0 saturated carbocycles. The molecule has 0 N–H and O–H groups in total. The molecule has 0 heterocycles. The molecule has 0 radical (unpaired) electrons. The largest absolute Gasteiger partial charge is 0.366 e. The van der Waals surface area contributed by atoms with Crippen LogP contribution in [0.15, 0.2) is 46.3 Å². The standard InChI is InChI=1S/C20H27N3S/c1-7-22(4)14-21-19-11-16(3)20(12-15(19)2)23(5)17-9-8-10-18(13-17)24-6/h8-14H,7H2,1-6H3/b21-14-. The number of thioether (sulfide) groups is 1. The Morgan fingerprint density at radius 2 is 1.83 bits per heavy atom. The van der Waals surface area contributed by atoms with Gasteiger partial charge in [0.15, 0.2) is 0 Å². The highest BCUT2D eigenvalue weighted by Crippen LogP contribution is 2.33. The zero-order chi connectivity index (χ0) is 17.7. The van der Waals surface area contributed by atoms with Gasteiger partial charge in [-0.05, 0) is 68.5 Å². The molecule has 0 amide bonds. The summed E-state index contributed by atoms with van der Waals surface area (Å²) in [5.74, 6) is 0. The molecule has 4 heteroatoms. The molecule has 0 spiro atoms. The zero-order valence-electron chi connectivity index (χ0n) is 15.5. The van der Waals surface area contributed by atoms with Crippen LogP contribution in [0.3, 0.4) is 0 Å². The highest BCUT2D eigenvalue weighted by molar-refractivity contribution is 7.98. The van der Waals surface area contributed by atoms with Crippen LogP contribution in [0, 0.1) is 13.8 Å². The first-order valence-corrected chi connectivity index (χ1v) is 9.42. The lowest BCUT2D eigenvalue weighted by atomic mass is 10.1. The van der Waals surface area contributed by atoms with E-state index in [1.54, 1.807) is 11.8 Å². The van der Waals surface area contributed by atoms with Crippen molar-refractivity contribution in [1.29, 1.82) is 0 Å². The second kappa shape index (κ2) is 8.25. The first-order valence-electron chi connectivity index (χ1n) is 8.19. The number of hydrogen-bond acceptors (Lipinski definition) is 3. The highest BCUT2D eigenvalue weighted by atomic mass is 32.2. The van der Waals surface area contributed by atoms with Crippen molar-refractivity contribution in [1.82, 2.24) is 4.90 Å². The van der Waals surface area contributed by atoms with Crippen LogP contribution in [-0.4, -0.2) is 38.1 Å². The number of aliphatic imine (C=N–C) groups is 1. The molecule has 2 aromatic carbocycles. The number of benzene rings is 2. The number of anilines is 2. The van der Waals surface area contributed by atoms with Gasteiger partial charge in [-0.15, -0.1) is 11.8 Å². The van der Waals surface area contributed by atoms with E-state index in [0.29, 0.717) is 0 Å². The number of aryl methyl sites for hydroxylation is 2. The first kappa shape index (κ1) is 18.4. The summed E-state index contributed by atoms with van der Waals surface area (Å²) < 4.78 is 0. The predicted octanol–water partition coefficient (Wildman–Crippen LogP) is 5.40. The third-order valence-electron chi connectivity index (χ3n) is 4.21. The molecule has 0 saturated heterocycles. The smallest absolute Gasteiger partial charge is 0.0909 e. The maximum atomic E-state index is 4.62. The van der Waals surface area contributed by atoms with Gasteiger partial charge in [-0.25, -0.2) is 4.99 Å². The van der Waals surface area contributed by atoms with Crippen molar-refractivity contribution in [2.45, 2.75) is 25.7 Å². The van der Waals surface area contributed by atoms with Crippen LogP contribution in [0.5, 0.6) is 0 Å². The summed E-state index contributed by atoms with van der Waals surface area (Å²) in [6.45, 7) is 7.33. The third-order valence-corrected chi connectivity index (χ3v) is 4.93. The van der Waals surface area contributed by atoms with Gasteiger partial charge in [0.05, 0.1) is 12.0 Å². The van der Waals surface area contributed by atoms with Crippen LogP contribution < -0.4 is 4.90 Å². The summed E-state index contributed by atoms with van der Waals surface area (Å²) in [6.07, 6.45) is 4.00. The van der Waals surface area contributed by atoms with E-state index in [9.17, 15) is 0 Å². The lowest BCUT2D eigenvalue weighted by Crippen LogP contribution is -2.14. The van der Waals surface area contributed by atoms with Crippen LogP contribution in [0.2, 0.25) is 0 Å². The van der Waals surface area contributed by atoms with Crippen LogP contribution in [-0.2, 0) is 0 Å². The van der Waals surface area contributed by atoms with E-state index >= 15 is 0 Å². The first-order chi connectivity index (χ1) is 11.5. The Morgan fingerprint density at radius 3 is 2.50 bits per heavy atom. The fourth-order valence-corrected chi connectivity index (χ4v) is 2.94. The topological polar surface area (TPSA) is 18.8 Å². The van der Waals surface area contributed by atoms with Crippen molar-refractivity contribution in [2.24, 2.45) is 4.99 Å². The minimum absolute atomic E-state index is 0.953. The van der Waals surface area contributed by atoms with Gasteiger partial charge in [0.25, 0.3) is 0 Å². The van der Waals surface area contributed by atoms with Gasteiger partial charge in [-0.3, -0.25) is 0 Å². The Labute approximate surface area is 150 Å². The van der Waals surface area contributed by atoms with E-state index in [0.717, 1.165) is 12.2 Å². The molecule has 0 atom stereocenters. The lowest BCUT2D eigenvalue weighted by Gasteiger charge is -2.23. The molecule has 0 aliphatic heterocycles. The molecule has 2 aromatic rings. The van der Waals surface area contributed by atoms with Crippen molar-refractivity contribution < 1.29 is 0 Å². The fraction of sp³-hybridized carbons (Fsp3) is 0.350. The van der Waals surface area contributed by atoms with Gasteiger partial charge >= 0.3 is 0 Å². The van der Waals surface area contributed by atoms with Gasteiger partial charge in [0.2, 0.25) is 0 Å². The maximum Gasteiger partial charge on any atom is 0.0909 e. The second-order valence-corrected chi connectivity index (χ2v) is 6.88. The van der Waals surface area contributed by atoms with Crippen molar-refractivity contribution in [2.75, 3.05) is 31.8 Å². The van der Waals surface area contributed by atoms with Crippen LogP contribution in [0.25, 0.3) is 0 Å². The molecule has 3 nitrogen and oxygen atoms in total. The number of rotatable bonds is 6. The minimum Gasteiger partial charge on any atom is -0.366 e. The van der Waals surface area contributed by atoms with Gasteiger partial charge in [0.1, 0.15) is 0 Å². The van der Waals surface area contributed by atoms with Crippen molar-refractivity contribution in [3.63, 3.8) is 0 Å². The van der Waals surface area contributed by atoms with E-state index in [4.69, 9.17) is 0 Å². The molecule has 24 heavy (non-hydrogen) atoms. The second-order valence-electron chi connectivity index (χ2n) is 6.00. The van der Waals surface area contributed by atoms with Crippen molar-refractivity contribution in [3.05, 3.63) is 47.5 Å². The predicted molar refractivity (Wildman–Crippen MR) is 109 cm³/mol. The average Bonchev–Trinajstić information content (AvgIpc) is 2.61. The van der Waals surface area contributed by atoms with Crippen molar-refractivity contribution in [3.8, 4) is 0 Å². The molecule has 128 valence electrons. The SMILES string of the molecule is CCN(C)/C=N\c1cc(C)c(N(C)c2cccc(SC)c2)cc1C. The van der Waals surface area contributed by atoms with E-state index in [1.165, 1.54) is 27.4 Å². The summed E-state index contributed by atoms with van der Waals surface area (Å²) >= 11 is 1.77. The Balaban J connectivity index is 2.34. The Bertz CT molecular complexity index is 725. The summed E-state index contributed by atoms with van der Waals surface area (Å²) in [6, 6.07) is 13.0. The molecule has 0 unspecified atom stereocenters. The van der Waals surface area contributed by atoms with Gasteiger partial charge in [-0.1, -0.05) is 6.07 Å². The molecule has 2 rings (SSSR count). The molecule has 0 aliphatic rings. The van der Waals surface area contributed by atoms with E-state index in [-0.39, 0.29) is 0 Å². The molecule has 0 fully saturated rings. The summed E-state index contributed by atoms with van der Waals surface area (Å²) in [5, 5.41) is 0. The summed E-state index contributed by atoms with van der Waals surface area (Å²) in [5.41, 5.74) is 5.86. The van der Waals surface area contributed by atoms with Gasteiger partial charge in [0, 0.05) is 36.9 Å². The molecular formula is C20H27N3S. The van der Waals surface area contributed by atoms with Crippen LogP contribution in [0.1, 0.15) is 18.1 Å². The monoisotopic (exact) mass is 341 g/mol. The molecule has 0 aromatic heterocycles. The molecular weight excluding hydrogens is 314 g/mol. The van der Waals surface area contributed by atoms with Gasteiger partial charge in [-0.2, -0.15) is 0 Å². The Kier molecular flexibility index (Phi) is 6.32. The lowest BCUT2D eigenvalue weighted by molar-refractivity contribution is 0.552. The van der Waals surface area contributed by atoms with E-state index in [1.807, 2.05) is 13.4 Å². The third kappa shape index (κ3) is 4.32. The van der Waals surface area contributed by atoms with Gasteiger partial charge < -0.3 is 9.80 Å². The highest BCUT2D eigenvalue weighted by Gasteiger charge is 2.10. The quantitative estimate of drug-likeness (QED) is 0.398. The number of nitrogens with zero attached hydrogens (tertiary/aromatic N) is 3. The summed E-state index contributed by atoms with van der Waals surface area (Å²) in [7, 11) is 4.15. The Morgan fingerprint density at radius 1 is 1.08 bits per heavy atom. The van der Waals surface area contributed by atoms with Crippen LogP contribution in [0.4, 0.5) is 17.1 Å².